The molecule has 1 aromatic heterocycles. The van der Waals surface area contributed by atoms with Crippen molar-refractivity contribution in [1.82, 2.24) is 15.2 Å². The first-order chi connectivity index (χ1) is 9.33. The van der Waals surface area contributed by atoms with Crippen molar-refractivity contribution in [3.05, 3.63) is 36.0 Å². The summed E-state index contributed by atoms with van der Waals surface area (Å²) in [5.41, 5.74) is 2.65. The first kappa shape index (κ1) is 12.7. The van der Waals surface area contributed by atoms with Gasteiger partial charge < -0.3 is 15.2 Å². The lowest BCUT2D eigenvalue weighted by Crippen LogP contribution is -2.36. The van der Waals surface area contributed by atoms with E-state index in [2.05, 4.69) is 52.7 Å². The second kappa shape index (κ2) is 5.76. The second-order valence-electron chi connectivity index (χ2n) is 5.77. The molecule has 19 heavy (non-hydrogen) atoms. The maximum Gasteiger partial charge on any atom is 0.0457 e. The lowest BCUT2D eigenvalue weighted by Gasteiger charge is -2.27. The van der Waals surface area contributed by atoms with Gasteiger partial charge in [0.2, 0.25) is 0 Å². The number of fused-ring (bicyclic) bond motifs is 1. The van der Waals surface area contributed by atoms with Gasteiger partial charge in [-0.3, -0.25) is 0 Å². The van der Waals surface area contributed by atoms with Crippen LogP contribution in [0.3, 0.4) is 0 Å². The van der Waals surface area contributed by atoms with Crippen LogP contribution < -0.4 is 5.32 Å². The summed E-state index contributed by atoms with van der Waals surface area (Å²) in [6.45, 7) is 4.59. The molecule has 1 saturated heterocycles. The van der Waals surface area contributed by atoms with Gasteiger partial charge in [0.05, 0.1) is 0 Å². The fraction of sp³-hybridized carbons (Fsp3) is 0.500. The molecule has 1 atom stereocenters. The fourth-order valence-electron chi connectivity index (χ4n) is 3.14. The summed E-state index contributed by atoms with van der Waals surface area (Å²) in [6, 6.07) is 8.55. The summed E-state index contributed by atoms with van der Waals surface area (Å²) >= 11 is 0. The van der Waals surface area contributed by atoms with Crippen LogP contribution in [0.25, 0.3) is 10.9 Å². The number of nitrogens with one attached hydrogen (secondary N) is 2. The van der Waals surface area contributed by atoms with E-state index in [9.17, 15) is 0 Å². The third-order valence-corrected chi connectivity index (χ3v) is 4.08. The highest BCUT2D eigenvalue weighted by Crippen LogP contribution is 2.20. The highest BCUT2D eigenvalue weighted by Gasteiger charge is 2.15. The van der Waals surface area contributed by atoms with Crippen molar-refractivity contribution >= 4 is 10.9 Å². The zero-order valence-electron chi connectivity index (χ0n) is 11.7. The Balaban J connectivity index is 1.63. The van der Waals surface area contributed by atoms with Crippen molar-refractivity contribution in [2.45, 2.75) is 19.4 Å². The first-order valence-corrected chi connectivity index (χ1v) is 7.27. The summed E-state index contributed by atoms with van der Waals surface area (Å²) in [4.78, 5) is 5.81. The van der Waals surface area contributed by atoms with Gasteiger partial charge in [-0.25, -0.2) is 0 Å². The van der Waals surface area contributed by atoms with Crippen LogP contribution in [0.2, 0.25) is 0 Å². The molecule has 3 heteroatoms. The van der Waals surface area contributed by atoms with Crippen molar-refractivity contribution in [2.75, 3.05) is 26.7 Å². The summed E-state index contributed by atoms with van der Waals surface area (Å²) in [6.07, 6.45) is 4.84. The molecular formula is C16H23N3. The van der Waals surface area contributed by atoms with E-state index in [1.165, 1.54) is 48.9 Å². The topological polar surface area (TPSA) is 31.1 Å². The summed E-state index contributed by atoms with van der Waals surface area (Å²) in [5.74, 6) is 0.809. The molecule has 0 amide bonds. The maximum atomic E-state index is 3.50. The number of hydrogen-bond acceptors (Lipinski definition) is 2. The lowest BCUT2D eigenvalue weighted by atomic mass is 9.99. The molecule has 1 fully saturated rings. The number of para-hydroxylation sites is 1. The Kier molecular flexibility index (Phi) is 3.85. The molecule has 1 aromatic carbocycles. The second-order valence-corrected chi connectivity index (χ2v) is 5.77. The largest absolute Gasteiger partial charge is 0.361 e. The molecule has 2 heterocycles. The normalized spacial score (nSPS) is 20.2. The summed E-state index contributed by atoms with van der Waals surface area (Å²) in [7, 11) is 2.23. The molecule has 102 valence electrons. The molecule has 0 bridgehead atoms. The molecule has 0 radical (unpaired) electrons. The number of rotatable bonds is 4. The Morgan fingerprint density at radius 2 is 2.21 bits per heavy atom. The van der Waals surface area contributed by atoms with Gasteiger partial charge in [-0.05, 0) is 50.5 Å². The van der Waals surface area contributed by atoms with Crippen molar-refractivity contribution in [3.63, 3.8) is 0 Å². The SMILES string of the molecule is CN(Cc1c[nH]c2ccccc12)CC1CCCNC1. The smallest absolute Gasteiger partial charge is 0.0457 e. The Morgan fingerprint density at radius 3 is 3.05 bits per heavy atom. The minimum absolute atomic E-state index is 0.809. The number of hydrogen-bond donors (Lipinski definition) is 2. The summed E-state index contributed by atoms with van der Waals surface area (Å²) in [5, 5.41) is 4.85. The van der Waals surface area contributed by atoms with Crippen LogP contribution in [0.1, 0.15) is 18.4 Å². The van der Waals surface area contributed by atoms with Crippen LogP contribution in [0.5, 0.6) is 0 Å². The third-order valence-electron chi connectivity index (χ3n) is 4.08. The molecule has 3 rings (SSSR count). The predicted molar refractivity (Wildman–Crippen MR) is 80.2 cm³/mol. The molecule has 3 nitrogen and oxygen atoms in total. The van der Waals surface area contributed by atoms with Crippen LogP contribution >= 0.6 is 0 Å². The molecule has 2 N–H and O–H groups in total. The van der Waals surface area contributed by atoms with Crippen molar-refractivity contribution < 1.29 is 0 Å². The number of benzene rings is 1. The predicted octanol–water partition coefficient (Wildman–Crippen LogP) is 2.60. The van der Waals surface area contributed by atoms with Crippen LogP contribution in [-0.4, -0.2) is 36.6 Å². The molecule has 0 saturated carbocycles. The molecular weight excluding hydrogens is 234 g/mol. The number of piperidine rings is 1. The van der Waals surface area contributed by atoms with Crippen LogP contribution in [0, 0.1) is 5.92 Å². The van der Waals surface area contributed by atoms with Crippen LogP contribution in [-0.2, 0) is 6.54 Å². The number of H-pyrrole nitrogens is 1. The Bertz CT molecular complexity index is 526. The highest BCUT2D eigenvalue weighted by atomic mass is 15.1. The lowest BCUT2D eigenvalue weighted by molar-refractivity contribution is 0.238. The van der Waals surface area contributed by atoms with Crippen molar-refractivity contribution in [1.29, 1.82) is 0 Å². The Labute approximate surface area is 115 Å². The van der Waals surface area contributed by atoms with Crippen molar-refractivity contribution in [3.8, 4) is 0 Å². The van der Waals surface area contributed by atoms with E-state index < -0.39 is 0 Å². The average molecular weight is 257 g/mol. The standard InChI is InChI=1S/C16H23N3/c1-19(11-13-5-4-8-17-9-13)12-14-10-18-16-7-3-2-6-15(14)16/h2-3,6-7,10,13,17-18H,4-5,8-9,11-12H2,1H3. The van der Waals surface area contributed by atoms with Gasteiger partial charge in [0, 0.05) is 30.2 Å². The quantitative estimate of drug-likeness (QED) is 0.882. The summed E-state index contributed by atoms with van der Waals surface area (Å²) < 4.78 is 0. The number of aromatic amines is 1. The molecule has 0 spiro atoms. The van der Waals surface area contributed by atoms with Gasteiger partial charge >= 0.3 is 0 Å². The van der Waals surface area contributed by atoms with Gasteiger partial charge in [0.15, 0.2) is 0 Å². The van der Waals surface area contributed by atoms with E-state index >= 15 is 0 Å². The van der Waals surface area contributed by atoms with Gasteiger partial charge in [-0.1, -0.05) is 18.2 Å². The van der Waals surface area contributed by atoms with Crippen molar-refractivity contribution in [2.24, 2.45) is 5.92 Å². The zero-order valence-corrected chi connectivity index (χ0v) is 11.7. The van der Waals surface area contributed by atoms with Gasteiger partial charge in [-0.15, -0.1) is 0 Å². The first-order valence-electron chi connectivity index (χ1n) is 7.27. The molecule has 1 aliphatic heterocycles. The zero-order chi connectivity index (χ0) is 13.1. The Hall–Kier alpha value is -1.32. The van der Waals surface area contributed by atoms with E-state index in [4.69, 9.17) is 0 Å². The van der Waals surface area contributed by atoms with Crippen LogP contribution in [0.15, 0.2) is 30.5 Å². The van der Waals surface area contributed by atoms with Gasteiger partial charge in [0.1, 0.15) is 0 Å². The minimum atomic E-state index is 0.809. The minimum Gasteiger partial charge on any atom is -0.361 e. The van der Waals surface area contributed by atoms with E-state index in [0.717, 1.165) is 12.5 Å². The molecule has 1 unspecified atom stereocenters. The van der Waals surface area contributed by atoms with Gasteiger partial charge in [0.25, 0.3) is 0 Å². The maximum absolute atomic E-state index is 3.50. The monoisotopic (exact) mass is 257 g/mol. The van der Waals surface area contributed by atoms with E-state index in [-0.39, 0.29) is 0 Å². The molecule has 1 aliphatic rings. The van der Waals surface area contributed by atoms with E-state index in [0.29, 0.717) is 0 Å². The molecule has 2 aromatic rings. The number of nitrogens with zero attached hydrogens (tertiary/aromatic N) is 1. The molecule has 0 aliphatic carbocycles. The Morgan fingerprint density at radius 1 is 1.32 bits per heavy atom. The van der Waals surface area contributed by atoms with Crippen LogP contribution in [0.4, 0.5) is 0 Å². The van der Waals surface area contributed by atoms with E-state index in [1.807, 2.05) is 0 Å². The highest BCUT2D eigenvalue weighted by molar-refractivity contribution is 5.82. The van der Waals surface area contributed by atoms with Gasteiger partial charge in [-0.2, -0.15) is 0 Å². The average Bonchev–Trinajstić information content (AvgIpc) is 2.83. The fourth-order valence-corrected chi connectivity index (χ4v) is 3.14. The van der Waals surface area contributed by atoms with E-state index in [1.54, 1.807) is 0 Å². The third kappa shape index (κ3) is 2.99. The number of aromatic nitrogens is 1.